The van der Waals surface area contributed by atoms with Gasteiger partial charge in [0.15, 0.2) is 18.9 Å². The fourth-order valence-electron chi connectivity index (χ4n) is 3.34. The van der Waals surface area contributed by atoms with E-state index in [0.29, 0.717) is 8.97 Å². The molecule has 0 amide bonds. The van der Waals surface area contributed by atoms with Crippen molar-refractivity contribution in [3.8, 4) is 0 Å². The van der Waals surface area contributed by atoms with E-state index in [1.807, 2.05) is 28.2 Å². The number of rotatable bonds is 13. The molecule has 0 spiro atoms. The average molecular weight is 402 g/mol. The minimum absolute atomic E-state index is 0.176. The topological polar surface area (TPSA) is 87.0 Å². The van der Waals surface area contributed by atoms with E-state index in [0.717, 1.165) is 31.8 Å². The first-order valence-electron chi connectivity index (χ1n) is 10.6. The molecule has 28 heavy (non-hydrogen) atoms. The zero-order valence-electron chi connectivity index (χ0n) is 18.7. The van der Waals surface area contributed by atoms with Crippen molar-refractivity contribution in [2.75, 3.05) is 54.4 Å². The van der Waals surface area contributed by atoms with Crippen molar-refractivity contribution in [2.45, 2.75) is 64.7 Å². The lowest BCUT2D eigenvalue weighted by atomic mass is 10.1. The van der Waals surface area contributed by atoms with Crippen molar-refractivity contribution in [3.63, 3.8) is 0 Å². The molecule has 0 saturated heterocycles. The molecule has 0 aromatic carbocycles. The lowest BCUT2D eigenvalue weighted by Crippen LogP contribution is -2.50. The quantitative estimate of drug-likeness (QED) is 0.366. The number of nitrogens with zero attached hydrogens (tertiary/aromatic N) is 3. The Morgan fingerprint density at radius 1 is 0.964 bits per heavy atom. The largest absolute Gasteiger partial charge is 0.477 e. The molecule has 0 aromatic heterocycles. The van der Waals surface area contributed by atoms with Crippen LogP contribution in [0.3, 0.4) is 0 Å². The molecule has 1 unspecified atom stereocenters. The van der Waals surface area contributed by atoms with Crippen LogP contribution in [0.2, 0.25) is 0 Å². The van der Waals surface area contributed by atoms with Gasteiger partial charge in [0.25, 0.3) is 0 Å². The molecule has 164 valence electrons. The van der Waals surface area contributed by atoms with E-state index in [-0.39, 0.29) is 13.1 Å². The highest BCUT2D eigenvalue weighted by molar-refractivity contribution is 5.79. The summed E-state index contributed by atoms with van der Waals surface area (Å²) in [5.41, 5.74) is 0. The fourth-order valence-corrected chi connectivity index (χ4v) is 3.34. The highest BCUT2D eigenvalue weighted by Gasteiger charge is 2.35. The standard InChI is InChI=1S/C16H30N2O2.C5H11NO2/c1-3-4-5-6-7-8-9-10-11-15-17-12-13-18(15,2)14-16(19)20;1-6(2,3)4-5(7)8/h3-14H2,1-2H3;4H2,1-3H3/p+2. The van der Waals surface area contributed by atoms with Crippen molar-refractivity contribution in [1.82, 2.24) is 0 Å². The average Bonchev–Trinajstić information content (AvgIpc) is 2.87. The summed E-state index contributed by atoms with van der Waals surface area (Å²) in [7, 11) is 7.53. The maximum Gasteiger partial charge on any atom is 0.359 e. The van der Waals surface area contributed by atoms with Gasteiger partial charge in [0.1, 0.15) is 6.54 Å². The van der Waals surface area contributed by atoms with Crippen LogP contribution in [0.5, 0.6) is 0 Å². The predicted molar refractivity (Wildman–Crippen MR) is 114 cm³/mol. The Balaban J connectivity index is 0.000000769. The smallest absolute Gasteiger partial charge is 0.359 e. The first kappa shape index (κ1) is 26.5. The monoisotopic (exact) mass is 401 g/mol. The first-order chi connectivity index (χ1) is 13.0. The first-order valence-corrected chi connectivity index (χ1v) is 10.6. The van der Waals surface area contributed by atoms with E-state index in [1.165, 1.54) is 44.9 Å². The number of carboxylic acids is 2. The van der Waals surface area contributed by atoms with Gasteiger partial charge in [-0.1, -0.05) is 51.9 Å². The summed E-state index contributed by atoms with van der Waals surface area (Å²) in [6, 6.07) is 0. The van der Waals surface area contributed by atoms with Crippen LogP contribution in [-0.4, -0.2) is 91.3 Å². The number of amidine groups is 1. The van der Waals surface area contributed by atoms with Crippen LogP contribution in [0.15, 0.2) is 4.99 Å². The van der Waals surface area contributed by atoms with Gasteiger partial charge < -0.3 is 14.7 Å². The number of aliphatic imine (C=N–C) groups is 1. The van der Waals surface area contributed by atoms with Gasteiger partial charge in [-0.25, -0.2) is 14.6 Å². The predicted octanol–water partition coefficient (Wildman–Crippen LogP) is 3.24. The van der Waals surface area contributed by atoms with Gasteiger partial charge in [-0.15, -0.1) is 0 Å². The lowest BCUT2D eigenvalue weighted by molar-refractivity contribution is -0.862. The molecule has 0 fully saturated rings. The Bertz CT molecular complexity index is 500. The normalized spacial score (nSPS) is 19.0. The molecule has 0 aliphatic carbocycles. The summed E-state index contributed by atoms with van der Waals surface area (Å²) < 4.78 is 1.00. The number of aliphatic carboxylic acids is 2. The molecule has 1 aliphatic heterocycles. The molecule has 1 atom stereocenters. The highest BCUT2D eigenvalue weighted by atomic mass is 16.4. The van der Waals surface area contributed by atoms with Crippen molar-refractivity contribution in [1.29, 1.82) is 0 Å². The molecule has 1 aliphatic rings. The molecule has 0 radical (unpaired) electrons. The van der Waals surface area contributed by atoms with Crippen molar-refractivity contribution < 1.29 is 28.8 Å². The van der Waals surface area contributed by atoms with E-state index in [9.17, 15) is 9.59 Å². The number of carboxylic acid groups (broad SMARTS) is 2. The molecular weight excluding hydrogens is 358 g/mol. The Labute approximate surface area is 171 Å². The van der Waals surface area contributed by atoms with Crippen LogP contribution >= 0.6 is 0 Å². The summed E-state index contributed by atoms with van der Waals surface area (Å²) in [4.78, 5) is 25.5. The van der Waals surface area contributed by atoms with Crippen LogP contribution < -0.4 is 0 Å². The van der Waals surface area contributed by atoms with Crippen molar-refractivity contribution >= 4 is 17.8 Å². The second-order valence-electron chi connectivity index (χ2n) is 9.04. The van der Waals surface area contributed by atoms with E-state index in [1.54, 1.807) is 0 Å². The van der Waals surface area contributed by atoms with Gasteiger partial charge in [0.05, 0.1) is 34.7 Å². The summed E-state index contributed by atoms with van der Waals surface area (Å²) in [5.74, 6) is -0.381. The van der Waals surface area contributed by atoms with Gasteiger partial charge in [-0.3, -0.25) is 4.48 Å². The maximum atomic E-state index is 10.9. The van der Waals surface area contributed by atoms with Crippen LogP contribution in [-0.2, 0) is 9.59 Å². The molecule has 2 N–H and O–H groups in total. The van der Waals surface area contributed by atoms with Gasteiger partial charge in [0.2, 0.25) is 0 Å². The van der Waals surface area contributed by atoms with Crippen molar-refractivity contribution in [3.05, 3.63) is 0 Å². The second kappa shape index (κ2) is 13.7. The number of hydrogen-bond acceptors (Lipinski definition) is 3. The van der Waals surface area contributed by atoms with Crippen LogP contribution in [0.1, 0.15) is 64.7 Å². The number of likely N-dealkylation sites (N-methyl/N-ethyl adjacent to an activating group) is 2. The summed E-state index contributed by atoms with van der Waals surface area (Å²) in [5, 5.41) is 17.2. The molecule has 0 bridgehead atoms. The third-order valence-corrected chi connectivity index (χ3v) is 4.86. The van der Waals surface area contributed by atoms with Gasteiger partial charge in [-0.05, 0) is 6.42 Å². The molecule has 7 nitrogen and oxygen atoms in total. The Morgan fingerprint density at radius 2 is 1.50 bits per heavy atom. The van der Waals surface area contributed by atoms with E-state index >= 15 is 0 Å². The minimum Gasteiger partial charge on any atom is -0.477 e. The number of unbranched alkanes of at least 4 members (excludes halogenated alkanes) is 7. The number of hydrogen-bond donors (Lipinski definition) is 2. The number of quaternary nitrogens is 2. The zero-order valence-corrected chi connectivity index (χ0v) is 18.7. The van der Waals surface area contributed by atoms with E-state index < -0.39 is 11.9 Å². The third kappa shape index (κ3) is 13.7. The van der Waals surface area contributed by atoms with Gasteiger partial charge >= 0.3 is 11.9 Å². The molecule has 1 rings (SSSR count). The highest BCUT2D eigenvalue weighted by Crippen LogP contribution is 2.18. The molecule has 1 heterocycles. The molecular formula is C21H43N3O4+2. The Hall–Kier alpha value is -1.47. The minimum atomic E-state index is -0.752. The maximum absolute atomic E-state index is 10.9. The second-order valence-corrected chi connectivity index (χ2v) is 9.04. The number of carbonyl (C=O) groups is 2. The van der Waals surface area contributed by atoms with Crippen LogP contribution in [0.25, 0.3) is 0 Å². The Morgan fingerprint density at radius 3 is 1.93 bits per heavy atom. The van der Waals surface area contributed by atoms with Crippen LogP contribution in [0.4, 0.5) is 0 Å². The summed E-state index contributed by atoms with van der Waals surface area (Å²) >= 11 is 0. The third-order valence-electron chi connectivity index (χ3n) is 4.86. The van der Waals surface area contributed by atoms with E-state index in [4.69, 9.17) is 10.2 Å². The summed E-state index contributed by atoms with van der Waals surface area (Å²) in [6.07, 6.45) is 11.4. The SMILES string of the molecule is CCCCCCCCCCC1=NCC[N+]1(C)CC(=O)O.C[N+](C)(C)CC(=O)O. The van der Waals surface area contributed by atoms with E-state index in [2.05, 4.69) is 11.9 Å². The zero-order chi connectivity index (χ0) is 21.6. The molecule has 0 aromatic rings. The summed E-state index contributed by atoms with van der Waals surface area (Å²) in [6.45, 7) is 4.24. The lowest BCUT2D eigenvalue weighted by Gasteiger charge is -2.28. The van der Waals surface area contributed by atoms with Gasteiger partial charge in [0, 0.05) is 6.42 Å². The van der Waals surface area contributed by atoms with Crippen LogP contribution in [0, 0.1) is 0 Å². The van der Waals surface area contributed by atoms with Crippen molar-refractivity contribution in [2.24, 2.45) is 4.99 Å². The Kier molecular flexibility index (Phi) is 12.9. The molecule has 0 saturated carbocycles. The van der Waals surface area contributed by atoms with Gasteiger partial charge in [-0.2, -0.15) is 0 Å². The molecule has 7 heteroatoms. The fraction of sp³-hybridized carbons (Fsp3) is 0.857.